The number of aromatic nitrogens is 2. The summed E-state index contributed by atoms with van der Waals surface area (Å²) in [4.78, 5) is 19.9. The number of carboxylic acids is 1. The van der Waals surface area contributed by atoms with Gasteiger partial charge in [0.05, 0.1) is 31.2 Å². The van der Waals surface area contributed by atoms with Crippen LogP contribution in [-0.4, -0.2) is 41.0 Å². The van der Waals surface area contributed by atoms with Crippen LogP contribution in [0.1, 0.15) is 0 Å². The molecule has 0 atom stereocenters. The summed E-state index contributed by atoms with van der Waals surface area (Å²) in [7, 11) is 3.15. The van der Waals surface area contributed by atoms with E-state index in [-0.39, 0.29) is 5.75 Å². The van der Waals surface area contributed by atoms with Crippen molar-refractivity contribution in [3.63, 3.8) is 0 Å². The van der Waals surface area contributed by atoms with Gasteiger partial charge in [-0.2, -0.15) is 0 Å². The van der Waals surface area contributed by atoms with E-state index in [1.54, 1.807) is 32.4 Å². The van der Waals surface area contributed by atoms with E-state index in [0.29, 0.717) is 28.2 Å². The van der Waals surface area contributed by atoms with Gasteiger partial charge in [-0.25, -0.2) is 9.97 Å². The van der Waals surface area contributed by atoms with Gasteiger partial charge in [0.2, 0.25) is 5.95 Å². The summed E-state index contributed by atoms with van der Waals surface area (Å²) in [5.41, 5.74) is 1.37. The highest BCUT2D eigenvalue weighted by molar-refractivity contribution is 8.00. The lowest BCUT2D eigenvalue weighted by molar-refractivity contribution is -0.133. The molecule has 1 aromatic heterocycles. The van der Waals surface area contributed by atoms with Gasteiger partial charge in [-0.15, -0.1) is 0 Å². The molecule has 134 valence electrons. The average Bonchev–Trinajstić information content (AvgIpc) is 2.66. The number of fused-ring (bicyclic) bond motifs is 1. The molecule has 0 fully saturated rings. The topological polar surface area (TPSA) is 93.6 Å². The van der Waals surface area contributed by atoms with E-state index in [2.05, 4.69) is 15.3 Å². The molecule has 2 aromatic carbocycles. The molecule has 7 nitrogen and oxygen atoms in total. The summed E-state index contributed by atoms with van der Waals surface area (Å²) in [6.45, 7) is 0. The zero-order chi connectivity index (χ0) is 18.5. The highest BCUT2D eigenvalue weighted by atomic mass is 32.2. The normalized spacial score (nSPS) is 10.5. The van der Waals surface area contributed by atoms with Gasteiger partial charge in [0.1, 0.15) is 16.5 Å². The van der Waals surface area contributed by atoms with Crippen LogP contribution in [0.15, 0.2) is 47.5 Å². The number of para-hydroxylation sites is 1. The van der Waals surface area contributed by atoms with Crippen molar-refractivity contribution in [3.8, 4) is 11.5 Å². The summed E-state index contributed by atoms with van der Waals surface area (Å²) >= 11 is 1.15. The smallest absolute Gasteiger partial charge is 0.313 e. The average molecular weight is 371 g/mol. The molecule has 0 saturated carbocycles. The molecular weight excluding hydrogens is 354 g/mol. The molecule has 0 unspecified atom stereocenters. The van der Waals surface area contributed by atoms with Crippen LogP contribution in [-0.2, 0) is 4.79 Å². The van der Waals surface area contributed by atoms with Crippen LogP contribution < -0.4 is 14.8 Å². The van der Waals surface area contributed by atoms with Crippen LogP contribution in [0.25, 0.3) is 10.9 Å². The van der Waals surface area contributed by atoms with Crippen molar-refractivity contribution in [3.05, 3.63) is 42.5 Å². The van der Waals surface area contributed by atoms with Crippen LogP contribution in [0.4, 0.5) is 11.6 Å². The molecular formula is C18H17N3O4S. The third-order valence-electron chi connectivity index (χ3n) is 3.55. The Labute approximate surface area is 154 Å². The summed E-state index contributed by atoms with van der Waals surface area (Å²) < 4.78 is 10.6. The second kappa shape index (κ2) is 7.92. The molecule has 8 heteroatoms. The van der Waals surface area contributed by atoms with Crippen molar-refractivity contribution in [1.82, 2.24) is 9.97 Å². The maximum Gasteiger partial charge on any atom is 0.313 e. The molecule has 0 aliphatic rings. The van der Waals surface area contributed by atoms with Crippen molar-refractivity contribution < 1.29 is 19.4 Å². The number of anilines is 2. The second-order valence-electron chi connectivity index (χ2n) is 5.24. The van der Waals surface area contributed by atoms with Gasteiger partial charge in [0.25, 0.3) is 0 Å². The molecule has 0 aliphatic heterocycles. The Hall–Kier alpha value is -3.00. The minimum Gasteiger partial charge on any atom is -0.497 e. The molecule has 0 spiro atoms. The predicted molar refractivity (Wildman–Crippen MR) is 101 cm³/mol. The van der Waals surface area contributed by atoms with Crippen molar-refractivity contribution in [2.45, 2.75) is 5.03 Å². The Bertz CT molecular complexity index is 949. The van der Waals surface area contributed by atoms with E-state index < -0.39 is 5.97 Å². The highest BCUT2D eigenvalue weighted by Crippen LogP contribution is 2.32. The standard InChI is InChI=1S/C18H17N3O4S/c1-24-11-7-8-15(25-2)14(9-11)20-18-19-13-6-4-3-5-12(13)17(21-18)26-10-16(22)23/h3-9H,10H2,1-2H3,(H,22,23)(H,19,20,21). The third kappa shape index (κ3) is 3.97. The zero-order valence-electron chi connectivity index (χ0n) is 14.2. The Morgan fingerprint density at radius 1 is 1.15 bits per heavy atom. The number of benzene rings is 2. The van der Waals surface area contributed by atoms with Gasteiger partial charge in [0, 0.05) is 11.5 Å². The number of hydrogen-bond donors (Lipinski definition) is 2. The summed E-state index contributed by atoms with van der Waals surface area (Å²) in [5.74, 6) is 0.643. The number of carbonyl (C=O) groups is 1. The molecule has 0 saturated heterocycles. The minimum atomic E-state index is -0.901. The van der Waals surface area contributed by atoms with E-state index in [4.69, 9.17) is 14.6 Å². The number of hydrogen-bond acceptors (Lipinski definition) is 7. The summed E-state index contributed by atoms with van der Waals surface area (Å²) in [5, 5.41) is 13.5. The van der Waals surface area contributed by atoms with Crippen LogP contribution in [0.2, 0.25) is 0 Å². The van der Waals surface area contributed by atoms with Gasteiger partial charge in [0.15, 0.2) is 0 Å². The fourth-order valence-corrected chi connectivity index (χ4v) is 3.12. The highest BCUT2D eigenvalue weighted by Gasteiger charge is 2.12. The number of aliphatic carboxylic acids is 1. The molecule has 0 amide bonds. The monoisotopic (exact) mass is 371 g/mol. The van der Waals surface area contributed by atoms with Crippen molar-refractivity contribution >= 4 is 40.3 Å². The summed E-state index contributed by atoms with van der Waals surface area (Å²) in [6, 6.07) is 12.8. The van der Waals surface area contributed by atoms with Crippen molar-refractivity contribution in [1.29, 1.82) is 0 Å². The van der Waals surface area contributed by atoms with Crippen LogP contribution >= 0.6 is 11.8 Å². The predicted octanol–water partition coefficient (Wildman–Crippen LogP) is 3.57. The van der Waals surface area contributed by atoms with Gasteiger partial charge in [-0.05, 0) is 18.2 Å². The Morgan fingerprint density at radius 2 is 1.96 bits per heavy atom. The van der Waals surface area contributed by atoms with E-state index in [1.165, 1.54) is 0 Å². The van der Waals surface area contributed by atoms with Crippen LogP contribution in [0, 0.1) is 0 Å². The third-order valence-corrected chi connectivity index (χ3v) is 4.53. The number of nitrogens with zero attached hydrogens (tertiary/aromatic N) is 2. The number of nitrogens with one attached hydrogen (secondary N) is 1. The first-order chi connectivity index (χ1) is 12.6. The maximum atomic E-state index is 10.9. The van der Waals surface area contributed by atoms with Crippen LogP contribution in [0.5, 0.6) is 11.5 Å². The SMILES string of the molecule is COc1ccc(OC)c(Nc2nc(SCC(=O)O)c3ccccc3n2)c1. The minimum absolute atomic E-state index is 0.0804. The number of thioether (sulfide) groups is 1. The summed E-state index contributed by atoms with van der Waals surface area (Å²) in [6.07, 6.45) is 0. The number of ether oxygens (including phenoxy) is 2. The van der Waals surface area contributed by atoms with E-state index in [0.717, 1.165) is 22.7 Å². The van der Waals surface area contributed by atoms with E-state index >= 15 is 0 Å². The van der Waals surface area contributed by atoms with Gasteiger partial charge in [-0.1, -0.05) is 30.0 Å². The lowest BCUT2D eigenvalue weighted by Gasteiger charge is -2.13. The number of rotatable bonds is 7. The van der Waals surface area contributed by atoms with Gasteiger partial charge >= 0.3 is 5.97 Å². The Balaban J connectivity index is 2.01. The molecule has 2 N–H and O–H groups in total. The van der Waals surface area contributed by atoms with Gasteiger partial charge in [-0.3, -0.25) is 4.79 Å². The Morgan fingerprint density at radius 3 is 2.69 bits per heavy atom. The lowest BCUT2D eigenvalue weighted by Crippen LogP contribution is -2.03. The number of methoxy groups -OCH3 is 2. The first kappa shape index (κ1) is 17.8. The van der Waals surface area contributed by atoms with Gasteiger partial charge < -0.3 is 19.9 Å². The molecule has 26 heavy (non-hydrogen) atoms. The lowest BCUT2D eigenvalue weighted by atomic mass is 10.2. The largest absolute Gasteiger partial charge is 0.497 e. The second-order valence-corrected chi connectivity index (χ2v) is 6.21. The van der Waals surface area contributed by atoms with Crippen molar-refractivity contribution in [2.24, 2.45) is 0 Å². The van der Waals surface area contributed by atoms with E-state index in [1.807, 2.05) is 24.3 Å². The molecule has 0 aliphatic carbocycles. The van der Waals surface area contributed by atoms with Crippen molar-refractivity contribution in [2.75, 3.05) is 25.3 Å². The fourth-order valence-electron chi connectivity index (χ4n) is 2.38. The molecule has 3 aromatic rings. The molecule has 1 heterocycles. The number of carboxylic acid groups (broad SMARTS) is 1. The maximum absolute atomic E-state index is 10.9. The quantitative estimate of drug-likeness (QED) is 0.481. The first-order valence-electron chi connectivity index (χ1n) is 7.71. The van der Waals surface area contributed by atoms with E-state index in [9.17, 15) is 4.79 Å². The first-order valence-corrected chi connectivity index (χ1v) is 8.69. The molecule has 3 rings (SSSR count). The van der Waals surface area contributed by atoms with Crippen LogP contribution in [0.3, 0.4) is 0 Å². The molecule has 0 bridgehead atoms. The zero-order valence-corrected chi connectivity index (χ0v) is 15.0. The fraction of sp³-hybridized carbons (Fsp3) is 0.167. The molecule has 0 radical (unpaired) electrons. The Kier molecular flexibility index (Phi) is 5.43.